The van der Waals surface area contributed by atoms with Gasteiger partial charge in [0.15, 0.2) is 0 Å². The van der Waals surface area contributed by atoms with Gasteiger partial charge in [0.1, 0.15) is 0 Å². The summed E-state index contributed by atoms with van der Waals surface area (Å²) in [6, 6.07) is 0. The summed E-state index contributed by atoms with van der Waals surface area (Å²) in [6.45, 7) is 1.32. The third-order valence-electron chi connectivity index (χ3n) is 1.67. The smallest absolute Gasteiger partial charge is 0.0553 e. The van der Waals surface area contributed by atoms with E-state index in [0.717, 1.165) is 12.8 Å². The van der Waals surface area contributed by atoms with Crippen LogP contribution < -0.4 is 0 Å². The molecule has 1 fully saturated rings. The molecule has 0 aliphatic carbocycles. The quantitative estimate of drug-likeness (QED) is 0.494. The molecule has 0 aromatic carbocycles. The van der Waals surface area contributed by atoms with Crippen molar-refractivity contribution in [3.8, 4) is 0 Å². The third kappa shape index (κ3) is 2.30. The Morgan fingerprint density at radius 3 is 2.78 bits per heavy atom. The molecule has 1 heterocycles. The summed E-state index contributed by atoms with van der Waals surface area (Å²) in [7, 11) is 0. The molecule has 0 aromatic rings. The Balaban J connectivity index is 2.25. The molecule has 0 amide bonds. The summed E-state index contributed by atoms with van der Waals surface area (Å²) >= 11 is 0. The maximum atomic E-state index is 9.07. The van der Waals surface area contributed by atoms with E-state index in [4.69, 9.17) is 10.3 Å². The minimum atomic E-state index is -0.192. The Labute approximate surface area is 54.9 Å². The van der Waals surface area contributed by atoms with E-state index in [1.54, 1.807) is 0 Å². The van der Waals surface area contributed by atoms with Gasteiger partial charge in [0.2, 0.25) is 0 Å². The van der Waals surface area contributed by atoms with Crippen LogP contribution in [0, 0.1) is 0 Å². The van der Waals surface area contributed by atoms with Crippen molar-refractivity contribution in [1.82, 2.24) is 5.06 Å². The molecule has 0 saturated carbocycles. The first kappa shape index (κ1) is 6.99. The van der Waals surface area contributed by atoms with Crippen molar-refractivity contribution >= 4 is 0 Å². The molecule has 3 nitrogen and oxygen atoms in total. The van der Waals surface area contributed by atoms with E-state index in [1.165, 1.54) is 5.06 Å². The van der Waals surface area contributed by atoms with Gasteiger partial charge in [0.05, 0.1) is 6.10 Å². The van der Waals surface area contributed by atoms with Gasteiger partial charge in [0, 0.05) is 13.1 Å². The lowest BCUT2D eigenvalue weighted by Crippen LogP contribution is -2.20. The highest BCUT2D eigenvalue weighted by Crippen LogP contribution is 2.07. The fraction of sp³-hybridized carbons (Fsp3) is 1.00. The highest BCUT2D eigenvalue weighted by atomic mass is 16.5. The molecule has 3 heteroatoms. The topological polar surface area (TPSA) is 43.7 Å². The van der Waals surface area contributed by atoms with Crippen LogP contribution in [0.4, 0.5) is 0 Å². The minimum absolute atomic E-state index is 0.192. The molecular formula is C6H13NO2. The van der Waals surface area contributed by atoms with Gasteiger partial charge in [-0.15, -0.1) is 0 Å². The summed E-state index contributed by atoms with van der Waals surface area (Å²) in [5.41, 5.74) is 0. The lowest BCUT2D eigenvalue weighted by molar-refractivity contribution is -0.0890. The largest absolute Gasteiger partial charge is 0.393 e. The first-order chi connectivity index (χ1) is 4.29. The van der Waals surface area contributed by atoms with Crippen molar-refractivity contribution in [2.24, 2.45) is 0 Å². The fourth-order valence-corrected chi connectivity index (χ4v) is 1.06. The predicted molar refractivity (Wildman–Crippen MR) is 33.2 cm³/mol. The standard InChI is InChI=1S/C6H13NO2/c8-6-2-1-4-7(9)5-3-6/h6,8-9H,1-5H2/t6-/m0/s1. The Hall–Kier alpha value is -0.120. The number of aliphatic hydroxyl groups excluding tert-OH is 1. The number of nitrogens with zero attached hydrogens (tertiary/aromatic N) is 1. The summed E-state index contributed by atoms with van der Waals surface area (Å²) in [5.74, 6) is 0. The average Bonchev–Trinajstić information content (AvgIpc) is 1.97. The molecule has 1 aliphatic rings. The first-order valence-corrected chi connectivity index (χ1v) is 3.41. The Bertz CT molecular complexity index is 77.1. The second-order valence-electron chi connectivity index (χ2n) is 2.54. The van der Waals surface area contributed by atoms with Gasteiger partial charge in [-0.25, -0.2) is 0 Å². The van der Waals surface area contributed by atoms with Crippen LogP contribution in [0.3, 0.4) is 0 Å². The van der Waals surface area contributed by atoms with Crippen LogP contribution in [0.1, 0.15) is 19.3 Å². The zero-order valence-corrected chi connectivity index (χ0v) is 5.45. The van der Waals surface area contributed by atoms with E-state index in [2.05, 4.69) is 0 Å². The summed E-state index contributed by atoms with van der Waals surface area (Å²) < 4.78 is 0. The van der Waals surface area contributed by atoms with E-state index < -0.39 is 0 Å². The van der Waals surface area contributed by atoms with Crippen LogP contribution in [-0.4, -0.2) is 34.6 Å². The second-order valence-corrected chi connectivity index (χ2v) is 2.54. The Morgan fingerprint density at radius 1 is 1.22 bits per heavy atom. The number of hydrogen-bond donors (Lipinski definition) is 2. The lowest BCUT2D eigenvalue weighted by Gasteiger charge is -2.08. The second kappa shape index (κ2) is 3.15. The number of hydroxylamine groups is 2. The Morgan fingerprint density at radius 2 is 2.00 bits per heavy atom. The molecule has 1 aliphatic heterocycles. The van der Waals surface area contributed by atoms with Crippen molar-refractivity contribution in [1.29, 1.82) is 0 Å². The molecule has 2 N–H and O–H groups in total. The van der Waals surface area contributed by atoms with Gasteiger partial charge in [-0.3, -0.25) is 0 Å². The third-order valence-corrected chi connectivity index (χ3v) is 1.67. The molecule has 0 bridgehead atoms. The number of rotatable bonds is 0. The molecule has 1 atom stereocenters. The molecule has 9 heavy (non-hydrogen) atoms. The zero-order valence-electron chi connectivity index (χ0n) is 5.45. The van der Waals surface area contributed by atoms with Crippen molar-refractivity contribution in [2.75, 3.05) is 13.1 Å². The van der Waals surface area contributed by atoms with Crippen LogP contribution in [0.25, 0.3) is 0 Å². The highest BCUT2D eigenvalue weighted by Gasteiger charge is 2.11. The molecule has 1 rings (SSSR count). The molecule has 1 saturated heterocycles. The van der Waals surface area contributed by atoms with E-state index in [9.17, 15) is 0 Å². The first-order valence-electron chi connectivity index (χ1n) is 3.41. The van der Waals surface area contributed by atoms with Crippen LogP contribution in [0.2, 0.25) is 0 Å². The van der Waals surface area contributed by atoms with Crippen LogP contribution in [0.15, 0.2) is 0 Å². The molecule has 0 radical (unpaired) electrons. The summed E-state index contributed by atoms with van der Waals surface area (Å²) in [5, 5.41) is 19.3. The number of aliphatic hydroxyl groups is 1. The van der Waals surface area contributed by atoms with E-state index >= 15 is 0 Å². The van der Waals surface area contributed by atoms with Gasteiger partial charge in [-0.05, 0) is 19.3 Å². The Kier molecular flexibility index (Phi) is 2.45. The van der Waals surface area contributed by atoms with Crippen LogP contribution >= 0.6 is 0 Å². The van der Waals surface area contributed by atoms with Crippen LogP contribution in [0.5, 0.6) is 0 Å². The average molecular weight is 131 g/mol. The number of hydrogen-bond acceptors (Lipinski definition) is 3. The van der Waals surface area contributed by atoms with Crippen molar-refractivity contribution in [2.45, 2.75) is 25.4 Å². The molecule has 0 spiro atoms. The van der Waals surface area contributed by atoms with E-state index in [0.29, 0.717) is 19.5 Å². The predicted octanol–water partition coefficient (Wildman–Crippen LogP) is 0.222. The van der Waals surface area contributed by atoms with Crippen molar-refractivity contribution < 1.29 is 10.3 Å². The molecule has 54 valence electrons. The van der Waals surface area contributed by atoms with E-state index in [-0.39, 0.29) is 6.10 Å². The minimum Gasteiger partial charge on any atom is -0.393 e. The van der Waals surface area contributed by atoms with Crippen molar-refractivity contribution in [3.63, 3.8) is 0 Å². The van der Waals surface area contributed by atoms with Crippen LogP contribution in [-0.2, 0) is 0 Å². The van der Waals surface area contributed by atoms with Gasteiger partial charge in [-0.2, -0.15) is 5.06 Å². The lowest BCUT2D eigenvalue weighted by atomic mass is 10.2. The maximum absolute atomic E-state index is 9.07. The molecule has 0 aromatic heterocycles. The SMILES string of the molecule is O[C@H]1CCCN(O)CC1. The molecule has 0 unspecified atom stereocenters. The zero-order chi connectivity index (χ0) is 6.69. The normalized spacial score (nSPS) is 32.0. The van der Waals surface area contributed by atoms with Gasteiger partial charge in [0.25, 0.3) is 0 Å². The fourth-order valence-electron chi connectivity index (χ4n) is 1.06. The maximum Gasteiger partial charge on any atom is 0.0553 e. The highest BCUT2D eigenvalue weighted by molar-refractivity contribution is 4.62. The van der Waals surface area contributed by atoms with Gasteiger partial charge >= 0.3 is 0 Å². The van der Waals surface area contributed by atoms with Gasteiger partial charge < -0.3 is 10.3 Å². The summed E-state index contributed by atoms with van der Waals surface area (Å²) in [4.78, 5) is 0. The summed E-state index contributed by atoms with van der Waals surface area (Å²) in [6.07, 6.45) is 2.24. The van der Waals surface area contributed by atoms with Gasteiger partial charge in [-0.1, -0.05) is 0 Å². The van der Waals surface area contributed by atoms with Crippen molar-refractivity contribution in [3.05, 3.63) is 0 Å². The monoisotopic (exact) mass is 131 g/mol. The van der Waals surface area contributed by atoms with E-state index in [1.807, 2.05) is 0 Å². The molecular weight excluding hydrogens is 118 g/mol.